The van der Waals surface area contributed by atoms with Gasteiger partial charge < -0.3 is 4.74 Å². The van der Waals surface area contributed by atoms with Crippen LogP contribution in [0.1, 0.15) is 27.9 Å². The Morgan fingerprint density at radius 1 is 1.00 bits per heavy atom. The van der Waals surface area contributed by atoms with Crippen molar-refractivity contribution < 1.29 is 14.3 Å². The van der Waals surface area contributed by atoms with Crippen molar-refractivity contribution in [1.82, 2.24) is 0 Å². The van der Waals surface area contributed by atoms with Crippen LogP contribution in [0.15, 0.2) is 60.7 Å². The maximum absolute atomic E-state index is 11.8. The van der Waals surface area contributed by atoms with Crippen molar-refractivity contribution in [1.29, 1.82) is 0 Å². The summed E-state index contributed by atoms with van der Waals surface area (Å²) < 4.78 is 5.03. The van der Waals surface area contributed by atoms with Crippen LogP contribution in [0.3, 0.4) is 0 Å². The Bertz CT molecular complexity index is 655. The number of carbonyl (C=O) groups excluding carboxylic acids is 2. The van der Waals surface area contributed by atoms with Crippen LogP contribution >= 0.6 is 0 Å². The van der Waals surface area contributed by atoms with Crippen LogP contribution in [0.5, 0.6) is 0 Å². The summed E-state index contributed by atoms with van der Waals surface area (Å²) in [5.41, 5.74) is 2.76. The SMILES string of the molecule is Cc1ccc(/C=C/COC(=O)CC(=O)c2ccccc2)cc1. The van der Waals surface area contributed by atoms with E-state index in [4.69, 9.17) is 4.74 Å². The lowest BCUT2D eigenvalue weighted by Crippen LogP contribution is -2.11. The molecule has 0 aliphatic rings. The molecule has 2 aromatic carbocycles. The molecule has 0 aliphatic heterocycles. The molecule has 3 nitrogen and oxygen atoms in total. The zero-order valence-corrected chi connectivity index (χ0v) is 12.5. The topological polar surface area (TPSA) is 43.4 Å². The van der Waals surface area contributed by atoms with Crippen LogP contribution in [0, 0.1) is 6.92 Å². The fraction of sp³-hybridized carbons (Fsp3) is 0.158. The second-order valence-electron chi connectivity index (χ2n) is 4.96. The summed E-state index contributed by atoms with van der Waals surface area (Å²) in [7, 11) is 0. The molecule has 0 N–H and O–H groups in total. The second kappa shape index (κ2) is 7.93. The van der Waals surface area contributed by atoms with Gasteiger partial charge >= 0.3 is 5.97 Å². The molecule has 0 heterocycles. The van der Waals surface area contributed by atoms with Gasteiger partial charge in [0.15, 0.2) is 5.78 Å². The lowest BCUT2D eigenvalue weighted by atomic mass is 10.1. The molecule has 0 unspecified atom stereocenters. The summed E-state index contributed by atoms with van der Waals surface area (Å²) in [6, 6.07) is 16.8. The molecule has 3 heteroatoms. The molecular weight excluding hydrogens is 276 g/mol. The van der Waals surface area contributed by atoms with E-state index >= 15 is 0 Å². The Morgan fingerprint density at radius 3 is 2.36 bits per heavy atom. The van der Waals surface area contributed by atoms with Crippen molar-refractivity contribution in [3.63, 3.8) is 0 Å². The Morgan fingerprint density at radius 2 is 1.68 bits per heavy atom. The Balaban J connectivity index is 1.76. The molecule has 0 aliphatic carbocycles. The minimum Gasteiger partial charge on any atom is -0.461 e. The number of Topliss-reactive ketones (excluding diaryl/α,β-unsaturated/α-hetero) is 1. The third-order valence-electron chi connectivity index (χ3n) is 3.13. The third-order valence-corrected chi connectivity index (χ3v) is 3.13. The van der Waals surface area contributed by atoms with E-state index in [1.807, 2.05) is 43.3 Å². The number of ketones is 1. The van der Waals surface area contributed by atoms with Crippen molar-refractivity contribution in [2.45, 2.75) is 13.3 Å². The predicted octanol–water partition coefficient (Wildman–Crippen LogP) is 3.82. The smallest absolute Gasteiger partial charge is 0.314 e. The van der Waals surface area contributed by atoms with Gasteiger partial charge in [0, 0.05) is 5.56 Å². The molecule has 0 radical (unpaired) electrons. The van der Waals surface area contributed by atoms with Gasteiger partial charge in [-0.05, 0) is 18.6 Å². The lowest BCUT2D eigenvalue weighted by molar-refractivity contribution is -0.141. The van der Waals surface area contributed by atoms with E-state index < -0.39 is 5.97 Å². The molecule has 0 amide bonds. The number of benzene rings is 2. The largest absolute Gasteiger partial charge is 0.461 e. The lowest BCUT2D eigenvalue weighted by Gasteiger charge is -2.02. The van der Waals surface area contributed by atoms with E-state index in [-0.39, 0.29) is 18.8 Å². The number of carbonyl (C=O) groups is 2. The molecule has 0 fully saturated rings. The van der Waals surface area contributed by atoms with E-state index in [0.29, 0.717) is 5.56 Å². The van der Waals surface area contributed by atoms with E-state index in [0.717, 1.165) is 5.56 Å². The predicted molar refractivity (Wildman–Crippen MR) is 86.6 cm³/mol. The van der Waals surface area contributed by atoms with Crippen LogP contribution in [0.2, 0.25) is 0 Å². The maximum Gasteiger partial charge on any atom is 0.314 e. The van der Waals surface area contributed by atoms with E-state index in [1.54, 1.807) is 30.3 Å². The van der Waals surface area contributed by atoms with Crippen molar-refractivity contribution in [3.05, 3.63) is 77.4 Å². The molecule has 2 aromatic rings. The third kappa shape index (κ3) is 5.02. The first-order valence-corrected chi connectivity index (χ1v) is 7.12. The van der Waals surface area contributed by atoms with E-state index in [2.05, 4.69) is 0 Å². The number of aryl methyl sites for hydroxylation is 1. The summed E-state index contributed by atoms with van der Waals surface area (Å²) >= 11 is 0. The first-order chi connectivity index (χ1) is 10.6. The molecule has 0 saturated carbocycles. The van der Waals surface area contributed by atoms with Gasteiger partial charge in [-0.3, -0.25) is 9.59 Å². The van der Waals surface area contributed by atoms with Crippen molar-refractivity contribution in [2.24, 2.45) is 0 Å². The van der Waals surface area contributed by atoms with Crippen molar-refractivity contribution >= 4 is 17.8 Å². The second-order valence-corrected chi connectivity index (χ2v) is 4.96. The fourth-order valence-corrected chi connectivity index (χ4v) is 1.91. The molecule has 0 aromatic heterocycles. The highest BCUT2D eigenvalue weighted by atomic mass is 16.5. The van der Waals surface area contributed by atoms with Crippen LogP contribution in [0.25, 0.3) is 6.08 Å². The van der Waals surface area contributed by atoms with Crippen molar-refractivity contribution in [2.75, 3.05) is 6.61 Å². The highest BCUT2D eigenvalue weighted by Gasteiger charge is 2.11. The molecule has 112 valence electrons. The number of rotatable bonds is 6. The summed E-state index contributed by atoms with van der Waals surface area (Å²) in [6.45, 7) is 2.19. The molecule has 0 bridgehead atoms. The highest BCUT2D eigenvalue weighted by molar-refractivity contribution is 6.05. The van der Waals surface area contributed by atoms with Gasteiger partial charge in [0.05, 0.1) is 0 Å². The molecule has 22 heavy (non-hydrogen) atoms. The molecule has 2 rings (SSSR count). The average Bonchev–Trinajstić information content (AvgIpc) is 2.54. The van der Waals surface area contributed by atoms with Gasteiger partial charge in [0.2, 0.25) is 0 Å². The molecular formula is C19H18O3. The van der Waals surface area contributed by atoms with Crippen molar-refractivity contribution in [3.8, 4) is 0 Å². The van der Waals surface area contributed by atoms with Crippen LogP contribution in [-0.2, 0) is 9.53 Å². The minimum absolute atomic E-state index is 0.161. The number of hydrogen-bond donors (Lipinski definition) is 0. The van der Waals surface area contributed by atoms with Gasteiger partial charge in [0.25, 0.3) is 0 Å². The first kappa shape index (κ1) is 15.7. The van der Waals surface area contributed by atoms with E-state index in [9.17, 15) is 9.59 Å². The zero-order valence-electron chi connectivity index (χ0n) is 12.5. The zero-order chi connectivity index (χ0) is 15.8. The molecule has 0 spiro atoms. The number of ether oxygens (including phenoxy) is 1. The van der Waals surface area contributed by atoms with Gasteiger partial charge in [0.1, 0.15) is 13.0 Å². The normalized spacial score (nSPS) is 10.6. The highest BCUT2D eigenvalue weighted by Crippen LogP contribution is 2.06. The van der Waals surface area contributed by atoms with E-state index in [1.165, 1.54) is 5.56 Å². The summed E-state index contributed by atoms with van der Waals surface area (Å²) in [4.78, 5) is 23.4. The maximum atomic E-state index is 11.8. The summed E-state index contributed by atoms with van der Waals surface area (Å²) in [6.07, 6.45) is 3.41. The fourth-order valence-electron chi connectivity index (χ4n) is 1.91. The summed E-state index contributed by atoms with van der Waals surface area (Å²) in [5.74, 6) is -0.740. The first-order valence-electron chi connectivity index (χ1n) is 7.12. The minimum atomic E-state index is -0.512. The van der Waals surface area contributed by atoms with Gasteiger partial charge in [-0.25, -0.2) is 0 Å². The van der Waals surface area contributed by atoms with Gasteiger partial charge in [-0.2, -0.15) is 0 Å². The molecule has 0 atom stereocenters. The van der Waals surface area contributed by atoms with Gasteiger partial charge in [-0.1, -0.05) is 66.2 Å². The Kier molecular flexibility index (Phi) is 5.66. The summed E-state index contributed by atoms with van der Waals surface area (Å²) in [5, 5.41) is 0. The van der Waals surface area contributed by atoms with Crippen LogP contribution in [0.4, 0.5) is 0 Å². The van der Waals surface area contributed by atoms with Gasteiger partial charge in [-0.15, -0.1) is 0 Å². The molecule has 0 saturated heterocycles. The standard InChI is InChI=1S/C19H18O3/c1-15-9-11-16(12-10-15)6-5-13-22-19(21)14-18(20)17-7-3-2-4-8-17/h2-12H,13-14H2,1H3/b6-5+. The number of esters is 1. The number of hydrogen-bond acceptors (Lipinski definition) is 3. The Hall–Kier alpha value is -2.68. The Labute approximate surface area is 130 Å². The van der Waals surface area contributed by atoms with Crippen LogP contribution in [-0.4, -0.2) is 18.4 Å². The average molecular weight is 294 g/mol. The monoisotopic (exact) mass is 294 g/mol. The van der Waals surface area contributed by atoms with Crippen LogP contribution < -0.4 is 0 Å². The quantitative estimate of drug-likeness (QED) is 0.462.